The van der Waals surface area contributed by atoms with E-state index in [9.17, 15) is 13.2 Å². The summed E-state index contributed by atoms with van der Waals surface area (Å²) in [4.78, 5) is 11.5. The molecule has 20 heavy (non-hydrogen) atoms. The summed E-state index contributed by atoms with van der Waals surface area (Å²) in [6.07, 6.45) is 0.0284. The van der Waals surface area contributed by atoms with Crippen molar-refractivity contribution in [2.45, 2.75) is 33.2 Å². The van der Waals surface area contributed by atoms with Crippen LogP contribution >= 0.6 is 0 Å². The number of carbonyl (C=O) groups is 1. The Morgan fingerprint density at radius 1 is 1.50 bits per heavy atom. The van der Waals surface area contributed by atoms with Crippen LogP contribution in [-0.2, 0) is 14.6 Å². The lowest BCUT2D eigenvalue weighted by Crippen LogP contribution is -2.16. The summed E-state index contributed by atoms with van der Waals surface area (Å²) in [6.45, 7) is 5.60. The molecule has 1 saturated heterocycles. The zero-order valence-corrected chi connectivity index (χ0v) is 12.7. The van der Waals surface area contributed by atoms with E-state index in [-0.39, 0.29) is 17.5 Å². The Morgan fingerprint density at radius 2 is 2.20 bits per heavy atom. The smallest absolute Gasteiger partial charge is 0.411 e. The molecule has 0 unspecified atom stereocenters. The zero-order valence-electron chi connectivity index (χ0n) is 11.8. The first-order valence-corrected chi connectivity index (χ1v) is 8.36. The molecule has 0 saturated carbocycles. The van der Waals surface area contributed by atoms with E-state index >= 15 is 0 Å². The number of rotatable bonds is 3. The predicted molar refractivity (Wildman–Crippen MR) is 74.7 cm³/mol. The minimum absolute atomic E-state index is 0.105. The highest BCUT2D eigenvalue weighted by molar-refractivity contribution is 7.91. The third kappa shape index (κ3) is 2.95. The van der Waals surface area contributed by atoms with Gasteiger partial charge in [0.25, 0.3) is 0 Å². The summed E-state index contributed by atoms with van der Waals surface area (Å²) in [6, 6.07) is -0.156. The average Bonchev–Trinajstić information content (AvgIpc) is 2.84. The number of hydrogen-bond acceptors (Lipinski definition) is 5. The second-order valence-corrected chi connectivity index (χ2v) is 7.12. The Kier molecular flexibility index (Phi) is 4.03. The van der Waals surface area contributed by atoms with Crippen LogP contribution in [0.15, 0.2) is 0 Å². The maximum absolute atomic E-state index is 11.5. The maximum Gasteiger partial charge on any atom is 0.411 e. The SMILES string of the molecule is CCOC(=O)Nc1c(C)nn([C@@H]2CCS(=O)(=O)C2)c1C. The van der Waals surface area contributed by atoms with Gasteiger partial charge in [-0.2, -0.15) is 5.10 Å². The van der Waals surface area contributed by atoms with Gasteiger partial charge in [-0.25, -0.2) is 13.2 Å². The Morgan fingerprint density at radius 3 is 2.75 bits per heavy atom. The van der Waals surface area contributed by atoms with E-state index in [1.807, 2.05) is 6.92 Å². The van der Waals surface area contributed by atoms with Crippen molar-refractivity contribution in [3.63, 3.8) is 0 Å². The number of aromatic nitrogens is 2. The first-order valence-electron chi connectivity index (χ1n) is 6.54. The highest BCUT2D eigenvalue weighted by atomic mass is 32.2. The van der Waals surface area contributed by atoms with Gasteiger partial charge in [0.1, 0.15) is 0 Å². The largest absolute Gasteiger partial charge is 0.450 e. The van der Waals surface area contributed by atoms with Crippen molar-refractivity contribution < 1.29 is 17.9 Å². The quantitative estimate of drug-likeness (QED) is 0.912. The molecule has 1 fully saturated rings. The van der Waals surface area contributed by atoms with Gasteiger partial charge in [0.2, 0.25) is 0 Å². The number of carbonyl (C=O) groups excluding carboxylic acids is 1. The number of ether oxygens (including phenoxy) is 1. The van der Waals surface area contributed by atoms with Crippen molar-refractivity contribution in [2.75, 3.05) is 23.4 Å². The van der Waals surface area contributed by atoms with Crippen molar-refractivity contribution in [1.82, 2.24) is 9.78 Å². The first kappa shape index (κ1) is 14.8. The molecule has 1 aliphatic heterocycles. The number of anilines is 1. The minimum atomic E-state index is -2.97. The van der Waals surface area contributed by atoms with Crippen LogP contribution in [0.1, 0.15) is 30.8 Å². The lowest BCUT2D eigenvalue weighted by molar-refractivity contribution is 0.168. The van der Waals surface area contributed by atoms with Gasteiger partial charge in [-0.3, -0.25) is 10.00 Å². The molecule has 2 heterocycles. The molecule has 1 aromatic heterocycles. The normalized spacial score (nSPS) is 20.9. The van der Waals surface area contributed by atoms with E-state index in [2.05, 4.69) is 10.4 Å². The van der Waals surface area contributed by atoms with Gasteiger partial charge in [-0.1, -0.05) is 0 Å². The van der Waals surface area contributed by atoms with Crippen LogP contribution in [-0.4, -0.2) is 42.4 Å². The van der Waals surface area contributed by atoms with Crippen molar-refractivity contribution in [2.24, 2.45) is 0 Å². The zero-order chi connectivity index (χ0) is 14.9. The van der Waals surface area contributed by atoms with E-state index in [0.717, 1.165) is 5.69 Å². The van der Waals surface area contributed by atoms with Gasteiger partial charge in [0, 0.05) is 0 Å². The molecule has 8 heteroatoms. The van der Waals surface area contributed by atoms with Crippen LogP contribution in [0.4, 0.5) is 10.5 Å². The highest BCUT2D eigenvalue weighted by Gasteiger charge is 2.31. The summed E-state index contributed by atoms with van der Waals surface area (Å²) < 4.78 is 29.6. The Hall–Kier alpha value is -1.57. The molecule has 1 amide bonds. The average molecular weight is 301 g/mol. The number of amides is 1. The molecule has 0 aliphatic carbocycles. The summed E-state index contributed by atoms with van der Waals surface area (Å²) >= 11 is 0. The number of hydrogen-bond donors (Lipinski definition) is 1. The van der Waals surface area contributed by atoms with E-state index in [4.69, 9.17) is 4.74 Å². The van der Waals surface area contributed by atoms with Gasteiger partial charge < -0.3 is 4.74 Å². The fourth-order valence-corrected chi connectivity index (χ4v) is 4.13. The number of sulfone groups is 1. The van der Waals surface area contributed by atoms with Gasteiger partial charge in [0.05, 0.1) is 41.2 Å². The Bertz CT molecular complexity index is 621. The summed E-state index contributed by atoms with van der Waals surface area (Å²) in [5.74, 6) is 0.296. The first-order chi connectivity index (χ1) is 9.34. The number of nitrogens with one attached hydrogen (secondary N) is 1. The van der Waals surface area contributed by atoms with Gasteiger partial charge in [0.15, 0.2) is 9.84 Å². The molecule has 0 spiro atoms. The maximum atomic E-state index is 11.5. The van der Waals surface area contributed by atoms with E-state index in [0.29, 0.717) is 24.4 Å². The second kappa shape index (κ2) is 5.43. The van der Waals surface area contributed by atoms with Crippen LogP contribution in [0.5, 0.6) is 0 Å². The monoisotopic (exact) mass is 301 g/mol. The third-order valence-electron chi connectivity index (χ3n) is 3.38. The lowest BCUT2D eigenvalue weighted by atomic mass is 10.2. The van der Waals surface area contributed by atoms with Gasteiger partial charge in [-0.15, -0.1) is 0 Å². The van der Waals surface area contributed by atoms with Gasteiger partial charge >= 0.3 is 6.09 Å². The third-order valence-corrected chi connectivity index (χ3v) is 5.13. The van der Waals surface area contributed by atoms with Crippen molar-refractivity contribution in [3.8, 4) is 0 Å². The number of nitrogens with zero attached hydrogens (tertiary/aromatic N) is 2. The second-order valence-electron chi connectivity index (χ2n) is 4.89. The van der Waals surface area contributed by atoms with Crippen LogP contribution in [0.3, 0.4) is 0 Å². The van der Waals surface area contributed by atoms with Crippen molar-refractivity contribution >= 4 is 21.6 Å². The van der Waals surface area contributed by atoms with Crippen molar-refractivity contribution in [1.29, 1.82) is 0 Å². The standard InChI is InChI=1S/C12H19N3O4S/c1-4-19-12(16)13-11-8(2)14-15(9(11)3)10-5-6-20(17,18)7-10/h10H,4-7H2,1-3H3,(H,13,16)/t10-/m1/s1. The fourth-order valence-electron chi connectivity index (χ4n) is 2.44. The van der Waals surface area contributed by atoms with E-state index in [1.54, 1.807) is 18.5 Å². The topological polar surface area (TPSA) is 90.3 Å². The molecule has 2 rings (SSSR count). The lowest BCUT2D eigenvalue weighted by Gasteiger charge is -2.11. The van der Waals surface area contributed by atoms with Crippen molar-refractivity contribution in [3.05, 3.63) is 11.4 Å². The Labute approximate surface area is 118 Å². The highest BCUT2D eigenvalue weighted by Crippen LogP contribution is 2.29. The molecule has 7 nitrogen and oxygen atoms in total. The minimum Gasteiger partial charge on any atom is -0.450 e. The van der Waals surface area contributed by atoms with E-state index < -0.39 is 15.9 Å². The van der Waals surface area contributed by atoms with Crippen LogP contribution in [0.25, 0.3) is 0 Å². The molecule has 112 valence electrons. The molecule has 1 N–H and O–H groups in total. The Balaban J connectivity index is 2.23. The summed E-state index contributed by atoms with van der Waals surface area (Å²) in [7, 11) is -2.97. The molecule has 1 aliphatic rings. The molecular weight excluding hydrogens is 282 g/mol. The van der Waals surface area contributed by atoms with Gasteiger partial charge in [-0.05, 0) is 27.2 Å². The molecule has 1 atom stereocenters. The van der Waals surface area contributed by atoms with E-state index in [1.165, 1.54) is 0 Å². The summed E-state index contributed by atoms with van der Waals surface area (Å²) in [5, 5.41) is 7.00. The number of aryl methyl sites for hydroxylation is 1. The van der Waals surface area contributed by atoms with Crippen LogP contribution in [0.2, 0.25) is 0 Å². The molecular formula is C12H19N3O4S. The van der Waals surface area contributed by atoms with Crippen LogP contribution in [0, 0.1) is 13.8 Å². The molecule has 0 aromatic carbocycles. The molecule has 0 bridgehead atoms. The molecule has 0 radical (unpaired) electrons. The fraction of sp³-hybridized carbons (Fsp3) is 0.667. The molecule has 1 aromatic rings. The summed E-state index contributed by atoms with van der Waals surface area (Å²) in [5.41, 5.74) is 1.99. The van der Waals surface area contributed by atoms with Crippen LogP contribution < -0.4 is 5.32 Å². The predicted octanol–water partition coefficient (Wildman–Crippen LogP) is 1.43.